The van der Waals surface area contributed by atoms with E-state index in [0.29, 0.717) is 13.1 Å². The van der Waals surface area contributed by atoms with Crippen LogP contribution < -0.4 is 0 Å². The fourth-order valence-corrected chi connectivity index (χ4v) is 1.48. The van der Waals surface area contributed by atoms with Crippen LogP contribution in [0.2, 0.25) is 0 Å². The first kappa shape index (κ1) is 6.62. The number of benzene rings is 1. The predicted octanol–water partition coefficient (Wildman–Crippen LogP) is 2.93. The van der Waals surface area contributed by atoms with E-state index in [9.17, 15) is 4.79 Å². The lowest BCUT2D eigenvalue weighted by atomic mass is 10.2. The highest BCUT2D eigenvalue weighted by atomic mass is 79.9. The third-order valence-corrected chi connectivity index (χ3v) is 2.50. The van der Waals surface area contributed by atoms with Gasteiger partial charge in [-0.2, -0.15) is 0 Å². The quantitative estimate of drug-likeness (QED) is 0.818. The summed E-state index contributed by atoms with van der Waals surface area (Å²) in [6.07, 6.45) is 0. The number of hydrogen-bond acceptors (Lipinski definition) is 1. The summed E-state index contributed by atoms with van der Waals surface area (Å²) in [7, 11) is 0. The van der Waals surface area contributed by atoms with Crippen LogP contribution in [-0.4, -0.2) is 23.9 Å². The van der Waals surface area contributed by atoms with Gasteiger partial charge >= 0.3 is 0 Å². The summed E-state index contributed by atoms with van der Waals surface area (Å²) in [5.74, 6) is -0.390. The molecule has 2 nitrogen and oxygen atoms in total. The summed E-state index contributed by atoms with van der Waals surface area (Å²) in [6.45, 7) is 4.62. The van der Waals surface area contributed by atoms with Gasteiger partial charge in [-0.25, -0.2) is 0 Å². The molecule has 0 aliphatic heterocycles. The third kappa shape index (κ3) is 2.35. The maximum atomic E-state index is 12.2. The largest absolute Gasteiger partial charge is 0.339 e. The lowest BCUT2D eigenvalue weighted by Crippen LogP contribution is -2.30. The Bertz CT molecular complexity index is 459. The monoisotopic (exact) mass is 259 g/mol. The van der Waals surface area contributed by atoms with Crippen molar-refractivity contribution in [3.63, 3.8) is 0 Å². The van der Waals surface area contributed by atoms with Crippen LogP contribution in [0.1, 0.15) is 29.7 Å². The fraction of sp³-hybridized carbons (Fsp3) is 0.364. The highest BCUT2D eigenvalue weighted by Gasteiger charge is 2.14. The Morgan fingerprint density at radius 2 is 2.00 bits per heavy atom. The van der Waals surface area contributed by atoms with Crippen molar-refractivity contribution in [2.24, 2.45) is 0 Å². The SMILES string of the molecule is [2H]c1c([2H])c([2H])c(C(=O)N(CC)CC)c(Br)c1[2H]. The summed E-state index contributed by atoms with van der Waals surface area (Å²) >= 11 is 3.08. The van der Waals surface area contributed by atoms with Crippen molar-refractivity contribution < 1.29 is 10.3 Å². The average Bonchev–Trinajstić information content (AvgIpc) is 2.36. The molecule has 0 fully saturated rings. The normalized spacial score (nSPS) is 13.9. The second-order valence-electron chi connectivity index (χ2n) is 2.67. The number of carbonyl (C=O) groups is 1. The summed E-state index contributed by atoms with van der Waals surface area (Å²) in [5.41, 5.74) is -0.00954. The summed E-state index contributed by atoms with van der Waals surface area (Å²) in [4.78, 5) is 13.7. The molecule has 0 atom stereocenters. The number of halogens is 1. The van der Waals surface area contributed by atoms with Crippen molar-refractivity contribution in [1.29, 1.82) is 0 Å². The molecule has 3 heteroatoms. The van der Waals surface area contributed by atoms with E-state index >= 15 is 0 Å². The second-order valence-corrected chi connectivity index (χ2v) is 3.46. The van der Waals surface area contributed by atoms with Gasteiger partial charge in [-0.3, -0.25) is 4.79 Å². The highest BCUT2D eigenvalue weighted by Crippen LogP contribution is 2.17. The van der Waals surface area contributed by atoms with Crippen molar-refractivity contribution in [1.82, 2.24) is 4.90 Å². The van der Waals surface area contributed by atoms with Gasteiger partial charge in [0.25, 0.3) is 5.91 Å². The van der Waals surface area contributed by atoms with E-state index in [1.165, 1.54) is 4.90 Å². The van der Waals surface area contributed by atoms with Gasteiger partial charge < -0.3 is 4.90 Å². The number of rotatable bonds is 3. The van der Waals surface area contributed by atoms with Crippen LogP contribution in [0.25, 0.3) is 0 Å². The molecule has 0 aromatic heterocycles. The number of amides is 1. The highest BCUT2D eigenvalue weighted by molar-refractivity contribution is 9.10. The molecule has 0 bridgehead atoms. The Morgan fingerprint density at radius 1 is 1.43 bits per heavy atom. The molecular weight excluding hydrogens is 242 g/mol. The van der Waals surface area contributed by atoms with E-state index < -0.39 is 6.04 Å². The molecule has 76 valence electrons. The molecule has 0 N–H and O–H groups in total. The van der Waals surface area contributed by atoms with Gasteiger partial charge in [0.15, 0.2) is 0 Å². The van der Waals surface area contributed by atoms with Gasteiger partial charge in [-0.1, -0.05) is 12.1 Å². The van der Waals surface area contributed by atoms with Crippen LogP contribution in [0.3, 0.4) is 0 Å². The van der Waals surface area contributed by atoms with Crippen LogP contribution in [0.5, 0.6) is 0 Å². The Balaban J connectivity index is 3.46. The van der Waals surface area contributed by atoms with Crippen molar-refractivity contribution in [3.8, 4) is 0 Å². The van der Waals surface area contributed by atoms with E-state index in [2.05, 4.69) is 15.9 Å². The van der Waals surface area contributed by atoms with Gasteiger partial charge in [-0.15, -0.1) is 0 Å². The van der Waals surface area contributed by atoms with Crippen LogP contribution in [0.15, 0.2) is 28.6 Å². The topological polar surface area (TPSA) is 20.3 Å². The standard InChI is InChI=1S/C11H14BrNO/c1-3-13(4-2)11(14)9-7-5-6-8-10(9)12/h5-8H,3-4H2,1-2H3/i5D,6D,7D,8D. The first-order valence-corrected chi connectivity index (χ1v) is 5.21. The summed E-state index contributed by atoms with van der Waals surface area (Å²) < 4.78 is 30.7. The molecule has 0 spiro atoms. The second kappa shape index (κ2) is 5.15. The van der Waals surface area contributed by atoms with Crippen molar-refractivity contribution in [3.05, 3.63) is 34.2 Å². The van der Waals surface area contributed by atoms with Crippen LogP contribution in [0, 0.1) is 0 Å². The van der Waals surface area contributed by atoms with Crippen molar-refractivity contribution in [2.75, 3.05) is 13.1 Å². The molecule has 0 heterocycles. The Kier molecular flexibility index (Phi) is 2.43. The smallest absolute Gasteiger partial charge is 0.254 e. The molecule has 0 saturated heterocycles. The Morgan fingerprint density at radius 3 is 2.57 bits per heavy atom. The predicted molar refractivity (Wildman–Crippen MR) is 61.4 cm³/mol. The molecule has 0 unspecified atom stereocenters. The number of nitrogens with zero attached hydrogens (tertiary/aromatic N) is 1. The Labute approximate surface area is 98.7 Å². The summed E-state index contributed by atoms with van der Waals surface area (Å²) in [5, 5.41) is 0. The van der Waals surface area contributed by atoms with E-state index in [-0.39, 0.29) is 34.1 Å². The molecule has 0 aliphatic carbocycles. The molecule has 0 saturated carbocycles. The minimum atomic E-state index is -0.390. The first-order chi connectivity index (χ1) is 8.36. The maximum Gasteiger partial charge on any atom is 0.254 e. The Hall–Kier alpha value is -0.830. The zero-order valence-corrected chi connectivity index (χ0v) is 9.73. The zero-order chi connectivity index (χ0) is 14.0. The average molecular weight is 260 g/mol. The molecule has 0 aliphatic rings. The molecule has 1 rings (SSSR count). The van der Waals surface area contributed by atoms with Gasteiger partial charge in [0, 0.05) is 17.6 Å². The zero-order valence-electron chi connectivity index (χ0n) is 12.1. The van der Waals surface area contributed by atoms with Crippen LogP contribution in [0.4, 0.5) is 0 Å². The van der Waals surface area contributed by atoms with E-state index in [1.807, 2.05) is 13.8 Å². The molecule has 0 radical (unpaired) electrons. The fourth-order valence-electron chi connectivity index (χ4n) is 1.11. The minimum Gasteiger partial charge on any atom is -0.339 e. The van der Waals surface area contributed by atoms with E-state index in [0.717, 1.165) is 0 Å². The lowest BCUT2D eigenvalue weighted by molar-refractivity contribution is 0.0772. The van der Waals surface area contributed by atoms with Gasteiger partial charge in [0.2, 0.25) is 0 Å². The van der Waals surface area contributed by atoms with E-state index in [4.69, 9.17) is 5.48 Å². The van der Waals surface area contributed by atoms with Gasteiger partial charge in [0.05, 0.1) is 11.0 Å². The van der Waals surface area contributed by atoms with E-state index in [1.54, 1.807) is 0 Å². The van der Waals surface area contributed by atoms with Crippen LogP contribution >= 0.6 is 15.9 Å². The molecule has 1 aromatic rings. The summed E-state index contributed by atoms with van der Waals surface area (Å²) in [6, 6.07) is -1.27. The molecule has 1 aromatic carbocycles. The third-order valence-electron chi connectivity index (χ3n) is 1.91. The van der Waals surface area contributed by atoms with Crippen LogP contribution in [-0.2, 0) is 0 Å². The minimum absolute atomic E-state index is 0.00954. The molecule has 14 heavy (non-hydrogen) atoms. The number of carbonyl (C=O) groups excluding carboxylic acids is 1. The molecular formula is C11H14BrNO. The van der Waals surface area contributed by atoms with Crippen molar-refractivity contribution in [2.45, 2.75) is 13.8 Å². The first-order valence-electron chi connectivity index (χ1n) is 6.41. The van der Waals surface area contributed by atoms with Crippen molar-refractivity contribution >= 4 is 21.8 Å². The van der Waals surface area contributed by atoms with Gasteiger partial charge in [-0.05, 0) is 41.9 Å². The lowest BCUT2D eigenvalue weighted by Gasteiger charge is -2.19. The van der Waals surface area contributed by atoms with Gasteiger partial charge in [0.1, 0.15) is 0 Å². The maximum absolute atomic E-state index is 12.2. The molecule has 1 amide bonds. The number of hydrogen-bond donors (Lipinski definition) is 0.